The molecule has 2 aliphatic rings. The van der Waals surface area contributed by atoms with Crippen LogP contribution in [0.4, 0.5) is 0 Å². The molecular weight excluding hydrogens is 384 g/mol. The first-order valence-electron chi connectivity index (χ1n) is 9.48. The smallest absolute Gasteiger partial charge is 0.244 e. The van der Waals surface area contributed by atoms with E-state index in [2.05, 4.69) is 16.3 Å². The summed E-state index contributed by atoms with van der Waals surface area (Å²) in [5.74, 6) is 1.99. The molecule has 2 aliphatic heterocycles. The second-order valence-corrected chi connectivity index (χ2v) is 6.81. The molecule has 5 rings (SSSR count). The standard InChI is InChI=1S/C22H18N4O4/c1-2-27-14-6-3-12(4-7-14)20-19-18(13-5-8-16-17(9-13)29-11-28-16)15(10-23)21(24)30-22(19)26-25-20/h3-9,18H,2,11,24H2,1H3,(H,25,26)/t18-/m1/s1. The van der Waals surface area contributed by atoms with E-state index in [0.717, 1.165) is 28.1 Å². The highest BCUT2D eigenvalue weighted by Gasteiger charge is 2.36. The summed E-state index contributed by atoms with van der Waals surface area (Å²) in [4.78, 5) is 0. The van der Waals surface area contributed by atoms with E-state index in [1.54, 1.807) is 0 Å². The van der Waals surface area contributed by atoms with E-state index in [0.29, 0.717) is 29.6 Å². The predicted molar refractivity (Wildman–Crippen MR) is 107 cm³/mol. The molecule has 0 aliphatic carbocycles. The highest BCUT2D eigenvalue weighted by Crippen LogP contribution is 2.47. The van der Waals surface area contributed by atoms with Crippen LogP contribution in [-0.4, -0.2) is 23.6 Å². The molecule has 3 N–H and O–H groups in total. The number of nitrogens with zero attached hydrogens (tertiary/aromatic N) is 2. The van der Waals surface area contributed by atoms with Crippen molar-refractivity contribution in [3.05, 3.63) is 65.0 Å². The van der Waals surface area contributed by atoms with E-state index in [1.807, 2.05) is 49.4 Å². The fourth-order valence-corrected chi connectivity index (χ4v) is 3.78. The summed E-state index contributed by atoms with van der Waals surface area (Å²) in [6.07, 6.45) is 0. The third-order valence-electron chi connectivity index (χ3n) is 5.12. The van der Waals surface area contributed by atoms with Gasteiger partial charge in [0.2, 0.25) is 18.6 Å². The van der Waals surface area contributed by atoms with E-state index in [1.165, 1.54) is 0 Å². The zero-order valence-corrected chi connectivity index (χ0v) is 16.1. The average Bonchev–Trinajstić information content (AvgIpc) is 3.40. The van der Waals surface area contributed by atoms with Gasteiger partial charge in [-0.25, -0.2) is 0 Å². The van der Waals surface area contributed by atoms with Gasteiger partial charge in [-0.05, 0) is 48.9 Å². The number of rotatable bonds is 4. The number of aromatic amines is 1. The van der Waals surface area contributed by atoms with Gasteiger partial charge in [-0.15, -0.1) is 5.10 Å². The Bertz CT molecular complexity index is 1190. The van der Waals surface area contributed by atoms with Crippen molar-refractivity contribution >= 4 is 0 Å². The van der Waals surface area contributed by atoms with Gasteiger partial charge in [0.15, 0.2) is 11.5 Å². The van der Waals surface area contributed by atoms with Gasteiger partial charge in [0.1, 0.15) is 17.4 Å². The maximum Gasteiger partial charge on any atom is 0.244 e. The van der Waals surface area contributed by atoms with Crippen LogP contribution in [0.3, 0.4) is 0 Å². The van der Waals surface area contributed by atoms with E-state index in [9.17, 15) is 5.26 Å². The van der Waals surface area contributed by atoms with Gasteiger partial charge < -0.3 is 24.7 Å². The lowest BCUT2D eigenvalue weighted by atomic mass is 9.83. The van der Waals surface area contributed by atoms with Gasteiger partial charge in [-0.2, -0.15) is 5.26 Å². The predicted octanol–water partition coefficient (Wildman–Crippen LogP) is 3.42. The van der Waals surface area contributed by atoms with Crippen LogP contribution in [0.1, 0.15) is 24.0 Å². The lowest BCUT2D eigenvalue weighted by Crippen LogP contribution is -2.21. The van der Waals surface area contributed by atoms with Gasteiger partial charge >= 0.3 is 0 Å². The van der Waals surface area contributed by atoms with Crippen LogP contribution in [0.25, 0.3) is 11.3 Å². The summed E-state index contributed by atoms with van der Waals surface area (Å²) in [6, 6.07) is 15.4. The van der Waals surface area contributed by atoms with Crippen LogP contribution >= 0.6 is 0 Å². The maximum atomic E-state index is 9.84. The number of H-pyrrole nitrogens is 1. The van der Waals surface area contributed by atoms with Gasteiger partial charge in [0.25, 0.3) is 0 Å². The van der Waals surface area contributed by atoms with Crippen molar-refractivity contribution in [1.29, 1.82) is 5.26 Å². The molecule has 0 saturated carbocycles. The highest BCUT2D eigenvalue weighted by molar-refractivity contribution is 5.71. The van der Waals surface area contributed by atoms with Crippen LogP contribution in [0.5, 0.6) is 23.1 Å². The first-order valence-corrected chi connectivity index (χ1v) is 9.48. The topological polar surface area (TPSA) is 115 Å². The quantitative estimate of drug-likeness (QED) is 0.687. The Kier molecular flexibility index (Phi) is 4.21. The fourth-order valence-electron chi connectivity index (χ4n) is 3.78. The molecule has 3 heterocycles. The van der Waals surface area contributed by atoms with Crippen LogP contribution in [0.2, 0.25) is 0 Å². The average molecular weight is 402 g/mol. The fraction of sp³-hybridized carbons (Fsp3) is 0.182. The molecule has 8 nitrogen and oxygen atoms in total. The Morgan fingerprint density at radius 3 is 2.77 bits per heavy atom. The highest BCUT2D eigenvalue weighted by atomic mass is 16.7. The number of nitriles is 1. The number of nitrogens with one attached hydrogen (secondary N) is 1. The molecule has 3 aromatic rings. The van der Waals surface area contributed by atoms with Gasteiger partial charge in [0.05, 0.1) is 23.8 Å². The Hall–Kier alpha value is -4.12. The minimum atomic E-state index is -0.464. The van der Waals surface area contributed by atoms with Crippen LogP contribution in [0.15, 0.2) is 53.9 Å². The molecule has 0 radical (unpaired) electrons. The lowest BCUT2D eigenvalue weighted by Gasteiger charge is -2.24. The minimum Gasteiger partial charge on any atom is -0.494 e. The third kappa shape index (κ3) is 2.79. The van der Waals surface area contributed by atoms with Crippen molar-refractivity contribution in [3.8, 4) is 40.5 Å². The van der Waals surface area contributed by atoms with Crippen molar-refractivity contribution in [3.63, 3.8) is 0 Å². The minimum absolute atomic E-state index is 0.0393. The molecule has 0 bridgehead atoms. The summed E-state index contributed by atoms with van der Waals surface area (Å²) in [5.41, 5.74) is 9.57. The Labute approximate surface area is 172 Å². The Balaban J connectivity index is 1.65. The molecule has 0 amide bonds. The largest absolute Gasteiger partial charge is 0.494 e. The van der Waals surface area contributed by atoms with Gasteiger partial charge in [-0.1, -0.05) is 6.07 Å². The number of aromatic nitrogens is 2. The molecule has 0 unspecified atom stereocenters. The maximum absolute atomic E-state index is 9.84. The van der Waals surface area contributed by atoms with Crippen LogP contribution < -0.4 is 24.7 Å². The molecule has 8 heteroatoms. The zero-order chi connectivity index (χ0) is 20.7. The number of hydrogen-bond donors (Lipinski definition) is 2. The molecule has 150 valence electrons. The van der Waals surface area contributed by atoms with E-state index in [4.69, 9.17) is 24.7 Å². The van der Waals surface area contributed by atoms with Crippen LogP contribution in [0, 0.1) is 11.3 Å². The van der Waals surface area contributed by atoms with E-state index < -0.39 is 5.92 Å². The molecule has 30 heavy (non-hydrogen) atoms. The summed E-state index contributed by atoms with van der Waals surface area (Å²) >= 11 is 0. The number of nitrogens with two attached hydrogens (primary N) is 1. The number of ether oxygens (including phenoxy) is 4. The normalized spacial score (nSPS) is 16.6. The van der Waals surface area contributed by atoms with Crippen molar-refractivity contribution in [2.45, 2.75) is 12.8 Å². The Morgan fingerprint density at radius 1 is 1.20 bits per heavy atom. The third-order valence-corrected chi connectivity index (χ3v) is 5.12. The SMILES string of the molecule is CCOc1ccc(-c2[nH]nc3c2[C@H](c2ccc4c(c2)OCO4)C(C#N)=C(N)O3)cc1. The van der Waals surface area contributed by atoms with E-state index >= 15 is 0 Å². The van der Waals surface area contributed by atoms with Crippen molar-refractivity contribution in [2.24, 2.45) is 5.73 Å². The molecule has 0 spiro atoms. The molecule has 1 atom stereocenters. The summed E-state index contributed by atoms with van der Waals surface area (Å²) in [6.45, 7) is 2.70. The second kappa shape index (κ2) is 7.04. The molecule has 2 aromatic carbocycles. The van der Waals surface area contributed by atoms with E-state index in [-0.39, 0.29) is 12.7 Å². The Morgan fingerprint density at radius 2 is 2.00 bits per heavy atom. The van der Waals surface area contributed by atoms with Crippen molar-refractivity contribution in [2.75, 3.05) is 13.4 Å². The molecule has 1 aromatic heterocycles. The molecular formula is C22H18N4O4. The van der Waals surface area contributed by atoms with Gasteiger partial charge in [0, 0.05) is 5.56 Å². The molecule has 0 saturated heterocycles. The molecule has 0 fully saturated rings. The number of fused-ring (bicyclic) bond motifs is 2. The summed E-state index contributed by atoms with van der Waals surface area (Å²) in [7, 11) is 0. The summed E-state index contributed by atoms with van der Waals surface area (Å²) < 4.78 is 22.1. The first kappa shape index (κ1) is 17.9. The first-order chi connectivity index (χ1) is 14.7. The second-order valence-electron chi connectivity index (χ2n) is 6.81. The van der Waals surface area contributed by atoms with Crippen molar-refractivity contribution < 1.29 is 18.9 Å². The summed E-state index contributed by atoms with van der Waals surface area (Å²) in [5, 5.41) is 17.2. The number of hydrogen-bond acceptors (Lipinski definition) is 7. The number of allylic oxidation sites excluding steroid dienone is 1. The van der Waals surface area contributed by atoms with Crippen molar-refractivity contribution in [1.82, 2.24) is 10.2 Å². The monoisotopic (exact) mass is 402 g/mol. The van der Waals surface area contributed by atoms with Gasteiger partial charge in [-0.3, -0.25) is 5.10 Å². The van der Waals surface area contributed by atoms with Crippen LogP contribution in [-0.2, 0) is 0 Å². The zero-order valence-electron chi connectivity index (χ0n) is 16.1. The number of benzene rings is 2. The lowest BCUT2D eigenvalue weighted by molar-refractivity contribution is 0.174.